The van der Waals surface area contributed by atoms with Crippen LogP contribution >= 0.6 is 0 Å². The minimum absolute atomic E-state index is 0.0897. The van der Waals surface area contributed by atoms with E-state index in [9.17, 15) is 9.59 Å². The molecule has 1 N–H and O–H groups in total. The van der Waals surface area contributed by atoms with Crippen LogP contribution in [0.1, 0.15) is 15.9 Å². The Morgan fingerprint density at radius 1 is 1.08 bits per heavy atom. The SMILES string of the molecule is COc1cc(C(=O)NCCOCCOCCOCC=O)ccc1C. The Morgan fingerprint density at radius 3 is 2.42 bits per heavy atom. The van der Waals surface area contributed by atoms with E-state index < -0.39 is 0 Å². The van der Waals surface area contributed by atoms with Gasteiger partial charge in [-0.1, -0.05) is 6.07 Å². The highest BCUT2D eigenvalue weighted by Gasteiger charge is 2.07. The molecule has 0 aromatic heterocycles. The van der Waals surface area contributed by atoms with Gasteiger partial charge in [0.15, 0.2) is 0 Å². The van der Waals surface area contributed by atoms with Crippen molar-refractivity contribution in [2.45, 2.75) is 6.92 Å². The second-order valence-corrected chi connectivity index (χ2v) is 4.91. The van der Waals surface area contributed by atoms with Crippen LogP contribution in [0, 0.1) is 6.92 Å². The van der Waals surface area contributed by atoms with E-state index >= 15 is 0 Å². The predicted molar refractivity (Wildman–Crippen MR) is 88.6 cm³/mol. The number of carbonyl (C=O) groups excluding carboxylic acids is 2. The Bertz CT molecular complexity index is 506. The van der Waals surface area contributed by atoms with Crippen molar-refractivity contribution < 1.29 is 28.5 Å². The van der Waals surface area contributed by atoms with Crippen molar-refractivity contribution in [3.63, 3.8) is 0 Å². The van der Waals surface area contributed by atoms with Crippen molar-refractivity contribution in [1.82, 2.24) is 5.32 Å². The van der Waals surface area contributed by atoms with Crippen LogP contribution in [-0.2, 0) is 19.0 Å². The smallest absolute Gasteiger partial charge is 0.251 e. The zero-order chi connectivity index (χ0) is 17.6. The number of carbonyl (C=O) groups is 2. The quantitative estimate of drug-likeness (QED) is 0.426. The zero-order valence-electron chi connectivity index (χ0n) is 14.2. The molecule has 1 amide bonds. The molecule has 0 saturated carbocycles. The number of nitrogens with one attached hydrogen (secondary N) is 1. The molecule has 0 bridgehead atoms. The van der Waals surface area contributed by atoms with Gasteiger partial charge in [0.2, 0.25) is 0 Å². The van der Waals surface area contributed by atoms with Crippen molar-refractivity contribution in [1.29, 1.82) is 0 Å². The maximum absolute atomic E-state index is 12.0. The largest absolute Gasteiger partial charge is 0.496 e. The van der Waals surface area contributed by atoms with Gasteiger partial charge in [-0.15, -0.1) is 0 Å². The minimum atomic E-state index is -0.166. The molecule has 0 aliphatic carbocycles. The number of methoxy groups -OCH3 is 1. The molecule has 7 nitrogen and oxygen atoms in total. The van der Waals surface area contributed by atoms with E-state index in [4.69, 9.17) is 18.9 Å². The summed E-state index contributed by atoms with van der Waals surface area (Å²) in [4.78, 5) is 22.0. The van der Waals surface area contributed by atoms with E-state index in [1.807, 2.05) is 13.0 Å². The van der Waals surface area contributed by atoms with E-state index in [0.717, 1.165) is 5.56 Å². The lowest BCUT2D eigenvalue weighted by Crippen LogP contribution is -2.27. The molecule has 0 spiro atoms. The molecule has 1 rings (SSSR count). The molecule has 0 aliphatic rings. The molecule has 0 heterocycles. The summed E-state index contributed by atoms with van der Waals surface area (Å²) in [5, 5.41) is 2.78. The lowest BCUT2D eigenvalue weighted by atomic mass is 10.1. The summed E-state index contributed by atoms with van der Waals surface area (Å²) in [6, 6.07) is 5.32. The number of hydrogen-bond acceptors (Lipinski definition) is 6. The lowest BCUT2D eigenvalue weighted by Gasteiger charge is -2.09. The summed E-state index contributed by atoms with van der Waals surface area (Å²) in [5.41, 5.74) is 1.53. The Labute approximate surface area is 142 Å². The second-order valence-electron chi connectivity index (χ2n) is 4.91. The van der Waals surface area contributed by atoms with Crippen molar-refractivity contribution in [3.05, 3.63) is 29.3 Å². The van der Waals surface area contributed by atoms with Gasteiger partial charge in [0.05, 0.1) is 40.1 Å². The van der Waals surface area contributed by atoms with Crippen molar-refractivity contribution in [2.24, 2.45) is 0 Å². The number of amides is 1. The molecule has 0 unspecified atom stereocenters. The molecular weight excluding hydrogens is 314 g/mol. The van der Waals surface area contributed by atoms with Crippen LogP contribution in [0.5, 0.6) is 5.75 Å². The van der Waals surface area contributed by atoms with Crippen molar-refractivity contribution in [3.8, 4) is 5.75 Å². The molecular formula is C17H25NO6. The molecule has 0 radical (unpaired) electrons. The average Bonchev–Trinajstić information content (AvgIpc) is 2.59. The number of aryl methyl sites for hydroxylation is 1. The van der Waals surface area contributed by atoms with E-state index in [-0.39, 0.29) is 12.5 Å². The summed E-state index contributed by atoms with van der Waals surface area (Å²) in [5.74, 6) is 0.522. The highest BCUT2D eigenvalue weighted by molar-refractivity contribution is 5.94. The first-order chi connectivity index (χ1) is 11.7. The standard InChI is InChI=1S/C17H25NO6/c1-14-3-4-15(13-16(14)21-2)17(20)18-5-7-22-9-11-24-12-10-23-8-6-19/h3-4,6,13H,5,7-12H2,1-2H3,(H,18,20). The summed E-state index contributed by atoms with van der Waals surface area (Å²) in [7, 11) is 1.58. The first-order valence-electron chi connectivity index (χ1n) is 7.78. The molecule has 134 valence electrons. The zero-order valence-corrected chi connectivity index (χ0v) is 14.2. The summed E-state index contributed by atoms with van der Waals surface area (Å²) in [6.45, 7) is 4.50. The fourth-order valence-electron chi connectivity index (χ4n) is 1.87. The summed E-state index contributed by atoms with van der Waals surface area (Å²) < 4.78 is 20.7. The maximum Gasteiger partial charge on any atom is 0.251 e. The van der Waals surface area contributed by atoms with Crippen LogP contribution in [-0.4, -0.2) is 65.5 Å². The van der Waals surface area contributed by atoms with Gasteiger partial charge >= 0.3 is 0 Å². The molecule has 0 saturated heterocycles. The van der Waals surface area contributed by atoms with Crippen LogP contribution in [0.25, 0.3) is 0 Å². The van der Waals surface area contributed by atoms with Gasteiger partial charge in [-0.25, -0.2) is 0 Å². The van der Waals surface area contributed by atoms with Crippen LogP contribution in [0.2, 0.25) is 0 Å². The van der Waals surface area contributed by atoms with Crippen molar-refractivity contribution in [2.75, 3.05) is 53.3 Å². The van der Waals surface area contributed by atoms with Gasteiger partial charge in [-0.05, 0) is 24.6 Å². The fraction of sp³-hybridized carbons (Fsp3) is 0.529. The molecule has 1 aromatic rings. The van der Waals surface area contributed by atoms with E-state index in [1.54, 1.807) is 19.2 Å². The maximum atomic E-state index is 12.0. The summed E-state index contributed by atoms with van der Waals surface area (Å²) in [6.07, 6.45) is 0.699. The highest BCUT2D eigenvalue weighted by atomic mass is 16.5. The minimum Gasteiger partial charge on any atom is -0.496 e. The van der Waals surface area contributed by atoms with Crippen LogP contribution < -0.4 is 10.1 Å². The van der Waals surface area contributed by atoms with Gasteiger partial charge in [0, 0.05) is 12.1 Å². The van der Waals surface area contributed by atoms with E-state index in [2.05, 4.69) is 5.32 Å². The van der Waals surface area contributed by atoms with Gasteiger partial charge in [-0.2, -0.15) is 0 Å². The lowest BCUT2D eigenvalue weighted by molar-refractivity contribution is -0.112. The Morgan fingerprint density at radius 2 is 1.75 bits per heavy atom. The monoisotopic (exact) mass is 339 g/mol. The molecule has 7 heteroatoms. The van der Waals surface area contributed by atoms with Gasteiger partial charge in [0.25, 0.3) is 5.91 Å². The normalized spacial score (nSPS) is 10.4. The Balaban J connectivity index is 2.06. The molecule has 1 aromatic carbocycles. The number of ether oxygens (including phenoxy) is 4. The van der Waals surface area contributed by atoms with Crippen LogP contribution in [0.4, 0.5) is 0 Å². The number of hydrogen-bond donors (Lipinski definition) is 1. The third-order valence-corrected chi connectivity index (χ3v) is 3.13. The molecule has 24 heavy (non-hydrogen) atoms. The predicted octanol–water partition coefficient (Wildman–Crippen LogP) is 0.982. The van der Waals surface area contributed by atoms with Crippen LogP contribution in [0.15, 0.2) is 18.2 Å². The third-order valence-electron chi connectivity index (χ3n) is 3.13. The topological polar surface area (TPSA) is 83.1 Å². The number of aldehydes is 1. The molecule has 0 aliphatic heterocycles. The van der Waals surface area contributed by atoms with E-state index in [1.165, 1.54) is 0 Å². The summed E-state index contributed by atoms with van der Waals surface area (Å²) >= 11 is 0. The fourth-order valence-corrected chi connectivity index (χ4v) is 1.87. The van der Waals surface area contributed by atoms with Gasteiger partial charge in [0.1, 0.15) is 18.6 Å². The highest BCUT2D eigenvalue weighted by Crippen LogP contribution is 2.18. The average molecular weight is 339 g/mol. The van der Waals surface area contributed by atoms with Gasteiger partial charge < -0.3 is 29.1 Å². The van der Waals surface area contributed by atoms with E-state index in [0.29, 0.717) is 57.2 Å². The van der Waals surface area contributed by atoms with Crippen molar-refractivity contribution >= 4 is 12.2 Å². The molecule has 0 fully saturated rings. The first kappa shape index (κ1) is 20.1. The number of benzene rings is 1. The van der Waals surface area contributed by atoms with Crippen LogP contribution in [0.3, 0.4) is 0 Å². The second kappa shape index (κ2) is 12.5. The first-order valence-corrected chi connectivity index (χ1v) is 7.78. The number of rotatable bonds is 13. The van der Waals surface area contributed by atoms with Gasteiger partial charge in [-0.3, -0.25) is 4.79 Å². The third kappa shape index (κ3) is 8.05. The Kier molecular flexibility index (Phi) is 10.4. The Hall–Kier alpha value is -1.96. The molecule has 0 atom stereocenters.